The Balaban J connectivity index is 1.86. The lowest BCUT2D eigenvalue weighted by atomic mass is 10.1. The number of benzene rings is 2. The SMILES string of the molecule is COc1ccc(CN(C)C(=O)CN(CCN)CCc2ccccc2)cc1. The summed E-state index contributed by atoms with van der Waals surface area (Å²) in [6.07, 6.45) is 0.913. The highest BCUT2D eigenvalue weighted by Crippen LogP contribution is 2.12. The largest absolute Gasteiger partial charge is 0.497 e. The Morgan fingerprint density at radius 3 is 2.31 bits per heavy atom. The van der Waals surface area contributed by atoms with Crippen molar-refractivity contribution < 1.29 is 9.53 Å². The number of methoxy groups -OCH3 is 1. The zero-order valence-corrected chi connectivity index (χ0v) is 15.7. The molecule has 0 atom stereocenters. The highest BCUT2D eigenvalue weighted by atomic mass is 16.5. The van der Waals surface area contributed by atoms with Crippen molar-refractivity contribution in [2.75, 3.05) is 40.3 Å². The molecule has 2 aromatic carbocycles. The van der Waals surface area contributed by atoms with Crippen LogP contribution in [0, 0.1) is 0 Å². The molecule has 0 aliphatic rings. The molecular formula is C21H29N3O2. The van der Waals surface area contributed by atoms with Crippen molar-refractivity contribution in [3.05, 3.63) is 65.7 Å². The molecule has 0 saturated carbocycles. The van der Waals surface area contributed by atoms with E-state index in [4.69, 9.17) is 10.5 Å². The predicted octanol–water partition coefficient (Wildman–Crippen LogP) is 2.16. The van der Waals surface area contributed by atoms with Gasteiger partial charge in [-0.25, -0.2) is 0 Å². The van der Waals surface area contributed by atoms with Crippen LogP contribution < -0.4 is 10.5 Å². The molecule has 0 spiro atoms. The molecule has 2 N–H and O–H groups in total. The van der Waals surface area contributed by atoms with E-state index in [0.717, 1.165) is 30.8 Å². The molecular weight excluding hydrogens is 326 g/mol. The van der Waals surface area contributed by atoms with Crippen LogP contribution in [0.1, 0.15) is 11.1 Å². The highest BCUT2D eigenvalue weighted by molar-refractivity contribution is 5.78. The van der Waals surface area contributed by atoms with E-state index in [1.165, 1.54) is 5.56 Å². The van der Waals surface area contributed by atoms with Crippen LogP contribution in [0.3, 0.4) is 0 Å². The molecule has 26 heavy (non-hydrogen) atoms. The van der Waals surface area contributed by atoms with Crippen molar-refractivity contribution in [1.29, 1.82) is 0 Å². The van der Waals surface area contributed by atoms with E-state index in [1.807, 2.05) is 49.5 Å². The van der Waals surface area contributed by atoms with Crippen LogP contribution in [-0.4, -0.2) is 56.0 Å². The van der Waals surface area contributed by atoms with Crippen LogP contribution >= 0.6 is 0 Å². The zero-order valence-electron chi connectivity index (χ0n) is 15.7. The summed E-state index contributed by atoms with van der Waals surface area (Å²) in [5.41, 5.74) is 8.07. The van der Waals surface area contributed by atoms with Gasteiger partial charge in [-0.15, -0.1) is 0 Å². The van der Waals surface area contributed by atoms with Gasteiger partial charge < -0.3 is 15.4 Å². The number of rotatable bonds is 10. The summed E-state index contributed by atoms with van der Waals surface area (Å²) in [6, 6.07) is 18.1. The van der Waals surface area contributed by atoms with E-state index in [1.54, 1.807) is 12.0 Å². The first-order valence-corrected chi connectivity index (χ1v) is 8.95. The van der Waals surface area contributed by atoms with Crippen molar-refractivity contribution in [2.24, 2.45) is 5.73 Å². The van der Waals surface area contributed by atoms with Gasteiger partial charge in [0.25, 0.3) is 0 Å². The van der Waals surface area contributed by atoms with Crippen LogP contribution in [-0.2, 0) is 17.8 Å². The number of ether oxygens (including phenoxy) is 1. The number of nitrogens with zero attached hydrogens (tertiary/aromatic N) is 2. The average molecular weight is 355 g/mol. The standard InChI is InChI=1S/C21H29N3O2/c1-23(16-19-8-10-20(26-2)11-9-19)21(25)17-24(15-13-22)14-12-18-6-4-3-5-7-18/h3-11H,12-17,22H2,1-2H3. The van der Waals surface area contributed by atoms with E-state index in [9.17, 15) is 4.79 Å². The summed E-state index contributed by atoms with van der Waals surface area (Å²) in [4.78, 5) is 16.5. The lowest BCUT2D eigenvalue weighted by molar-refractivity contribution is -0.131. The highest BCUT2D eigenvalue weighted by Gasteiger charge is 2.14. The Labute approximate surface area is 156 Å². The minimum atomic E-state index is 0.0994. The zero-order chi connectivity index (χ0) is 18.8. The maximum Gasteiger partial charge on any atom is 0.236 e. The number of carbonyl (C=O) groups excluding carboxylic acids is 1. The fourth-order valence-corrected chi connectivity index (χ4v) is 2.79. The van der Waals surface area contributed by atoms with Crippen molar-refractivity contribution in [3.8, 4) is 5.75 Å². The number of carbonyl (C=O) groups is 1. The van der Waals surface area contributed by atoms with Crippen LogP contribution in [0.2, 0.25) is 0 Å². The maximum atomic E-state index is 12.6. The average Bonchev–Trinajstić information content (AvgIpc) is 2.67. The molecule has 5 nitrogen and oxygen atoms in total. The molecule has 2 aromatic rings. The number of likely N-dealkylation sites (N-methyl/N-ethyl adjacent to an activating group) is 1. The van der Waals surface area contributed by atoms with Gasteiger partial charge in [0.2, 0.25) is 5.91 Å². The number of hydrogen-bond donors (Lipinski definition) is 1. The third kappa shape index (κ3) is 6.50. The lowest BCUT2D eigenvalue weighted by Crippen LogP contribution is -2.41. The van der Waals surface area contributed by atoms with Gasteiger partial charge in [0.1, 0.15) is 5.75 Å². The van der Waals surface area contributed by atoms with E-state index in [0.29, 0.717) is 19.6 Å². The summed E-state index contributed by atoms with van der Waals surface area (Å²) < 4.78 is 5.17. The Bertz CT molecular complexity index is 659. The van der Waals surface area contributed by atoms with E-state index in [2.05, 4.69) is 17.0 Å². The predicted molar refractivity (Wildman–Crippen MR) is 105 cm³/mol. The van der Waals surface area contributed by atoms with Crippen LogP contribution in [0.4, 0.5) is 0 Å². The molecule has 0 aromatic heterocycles. The third-order valence-electron chi connectivity index (χ3n) is 4.37. The first kappa shape index (κ1) is 19.9. The smallest absolute Gasteiger partial charge is 0.236 e. The van der Waals surface area contributed by atoms with Crippen LogP contribution in [0.5, 0.6) is 5.75 Å². The minimum absolute atomic E-state index is 0.0994. The van der Waals surface area contributed by atoms with Crippen molar-refractivity contribution in [3.63, 3.8) is 0 Å². The molecule has 0 saturated heterocycles. The van der Waals surface area contributed by atoms with Gasteiger partial charge in [0.15, 0.2) is 0 Å². The van der Waals surface area contributed by atoms with E-state index in [-0.39, 0.29) is 5.91 Å². The molecule has 0 aliphatic carbocycles. The first-order valence-electron chi connectivity index (χ1n) is 8.95. The molecule has 5 heteroatoms. The quantitative estimate of drug-likeness (QED) is 0.709. The topological polar surface area (TPSA) is 58.8 Å². The number of amides is 1. The normalized spacial score (nSPS) is 10.8. The Kier molecular flexibility index (Phi) is 8.12. The molecule has 0 bridgehead atoms. The van der Waals surface area contributed by atoms with E-state index < -0.39 is 0 Å². The molecule has 0 aliphatic heterocycles. The second-order valence-electron chi connectivity index (χ2n) is 6.40. The molecule has 140 valence electrons. The van der Waals surface area contributed by atoms with Crippen molar-refractivity contribution in [1.82, 2.24) is 9.80 Å². The summed E-state index contributed by atoms with van der Waals surface area (Å²) in [7, 11) is 3.48. The van der Waals surface area contributed by atoms with Gasteiger partial charge in [0, 0.05) is 33.2 Å². The van der Waals surface area contributed by atoms with Crippen LogP contribution in [0.25, 0.3) is 0 Å². The maximum absolute atomic E-state index is 12.6. The minimum Gasteiger partial charge on any atom is -0.497 e. The molecule has 0 unspecified atom stereocenters. The summed E-state index contributed by atoms with van der Waals surface area (Å²) in [5.74, 6) is 0.917. The Morgan fingerprint density at radius 2 is 1.69 bits per heavy atom. The summed E-state index contributed by atoms with van der Waals surface area (Å²) in [6.45, 7) is 3.05. The van der Waals surface area contributed by atoms with Gasteiger partial charge in [0.05, 0.1) is 13.7 Å². The molecule has 1 amide bonds. The molecule has 0 radical (unpaired) electrons. The summed E-state index contributed by atoms with van der Waals surface area (Å²) in [5, 5.41) is 0. The van der Waals surface area contributed by atoms with Crippen molar-refractivity contribution >= 4 is 5.91 Å². The van der Waals surface area contributed by atoms with E-state index >= 15 is 0 Å². The van der Waals surface area contributed by atoms with Crippen molar-refractivity contribution in [2.45, 2.75) is 13.0 Å². The molecule has 2 rings (SSSR count). The fraction of sp³-hybridized carbons (Fsp3) is 0.381. The lowest BCUT2D eigenvalue weighted by Gasteiger charge is -2.25. The second-order valence-corrected chi connectivity index (χ2v) is 6.40. The summed E-state index contributed by atoms with van der Waals surface area (Å²) >= 11 is 0. The van der Waals surface area contributed by atoms with Crippen LogP contribution in [0.15, 0.2) is 54.6 Å². The number of hydrogen-bond acceptors (Lipinski definition) is 4. The van der Waals surface area contributed by atoms with Gasteiger partial charge in [-0.1, -0.05) is 42.5 Å². The monoisotopic (exact) mass is 355 g/mol. The van der Waals surface area contributed by atoms with Gasteiger partial charge in [-0.2, -0.15) is 0 Å². The van der Waals surface area contributed by atoms with Gasteiger partial charge >= 0.3 is 0 Å². The molecule has 0 fully saturated rings. The Morgan fingerprint density at radius 1 is 1.00 bits per heavy atom. The fourth-order valence-electron chi connectivity index (χ4n) is 2.79. The van der Waals surface area contributed by atoms with Gasteiger partial charge in [-0.3, -0.25) is 9.69 Å². The molecule has 0 heterocycles. The van der Waals surface area contributed by atoms with Gasteiger partial charge in [-0.05, 0) is 29.7 Å². The third-order valence-corrected chi connectivity index (χ3v) is 4.37. The first-order chi connectivity index (χ1) is 12.6. The Hall–Kier alpha value is -2.37. The second kappa shape index (κ2) is 10.6. The number of nitrogens with two attached hydrogens (primary N) is 1.